The molecule has 1 aromatic heterocycles. The molecule has 3 nitrogen and oxygen atoms in total. The molecule has 1 aromatic rings. The molecule has 1 saturated heterocycles. The van der Waals surface area contributed by atoms with Gasteiger partial charge in [-0.15, -0.1) is 11.3 Å². The highest BCUT2D eigenvalue weighted by atomic mass is 32.1. The van der Waals surface area contributed by atoms with Gasteiger partial charge in [0.2, 0.25) is 5.91 Å². The number of thiophene rings is 1. The van der Waals surface area contributed by atoms with Crippen LogP contribution in [-0.4, -0.2) is 30.4 Å². The van der Waals surface area contributed by atoms with Crippen LogP contribution in [0.2, 0.25) is 0 Å². The molecule has 1 unspecified atom stereocenters. The molecular formula is C15H20N2OS. The van der Waals surface area contributed by atoms with Gasteiger partial charge in [0.1, 0.15) is 0 Å². The van der Waals surface area contributed by atoms with E-state index in [0.29, 0.717) is 17.2 Å². The number of carbonyl (C=O) groups excluding carboxylic acids is 1. The Labute approximate surface area is 118 Å². The monoisotopic (exact) mass is 276 g/mol. The number of nitrogens with one attached hydrogen (secondary N) is 1. The van der Waals surface area contributed by atoms with Crippen LogP contribution in [0.3, 0.4) is 0 Å². The molecular weight excluding hydrogens is 256 g/mol. The summed E-state index contributed by atoms with van der Waals surface area (Å²) in [5.74, 6) is 0.758. The lowest BCUT2D eigenvalue weighted by Crippen LogP contribution is -2.39. The number of hydrogen-bond donors (Lipinski definition) is 1. The van der Waals surface area contributed by atoms with E-state index in [9.17, 15) is 4.79 Å². The van der Waals surface area contributed by atoms with Gasteiger partial charge in [0.15, 0.2) is 0 Å². The highest BCUT2D eigenvalue weighted by molar-refractivity contribution is 7.10. The van der Waals surface area contributed by atoms with E-state index in [1.165, 1.54) is 23.3 Å². The van der Waals surface area contributed by atoms with Gasteiger partial charge in [0, 0.05) is 23.9 Å². The highest BCUT2D eigenvalue weighted by Gasteiger charge is 2.58. The third-order valence-corrected chi connectivity index (χ3v) is 6.23. The van der Waals surface area contributed by atoms with Crippen LogP contribution in [0.4, 0.5) is 0 Å². The first-order valence-corrected chi connectivity index (χ1v) is 8.21. The van der Waals surface area contributed by atoms with E-state index in [2.05, 4.69) is 21.7 Å². The van der Waals surface area contributed by atoms with E-state index in [1.807, 2.05) is 11.3 Å². The summed E-state index contributed by atoms with van der Waals surface area (Å²) < 4.78 is 0. The summed E-state index contributed by atoms with van der Waals surface area (Å²) in [6.45, 7) is 3.97. The van der Waals surface area contributed by atoms with Gasteiger partial charge >= 0.3 is 0 Å². The predicted molar refractivity (Wildman–Crippen MR) is 76.1 cm³/mol. The minimum atomic E-state index is 0.329. The van der Waals surface area contributed by atoms with Crippen molar-refractivity contribution in [3.63, 3.8) is 0 Å². The third-order valence-electron chi connectivity index (χ3n) is 5.21. The number of nitrogens with zero attached hydrogens (tertiary/aromatic N) is 1. The minimum Gasteiger partial charge on any atom is -0.338 e. The summed E-state index contributed by atoms with van der Waals surface area (Å²) in [5, 5.41) is 5.56. The fraction of sp³-hybridized carbons (Fsp3) is 0.667. The van der Waals surface area contributed by atoms with Crippen molar-refractivity contribution in [3.05, 3.63) is 21.9 Å². The first-order chi connectivity index (χ1) is 9.28. The van der Waals surface area contributed by atoms with Gasteiger partial charge < -0.3 is 10.2 Å². The topological polar surface area (TPSA) is 32.3 Å². The fourth-order valence-corrected chi connectivity index (χ4v) is 4.72. The molecule has 1 saturated carbocycles. The van der Waals surface area contributed by atoms with Crippen molar-refractivity contribution in [2.24, 2.45) is 11.3 Å². The van der Waals surface area contributed by atoms with E-state index in [4.69, 9.17) is 0 Å². The number of hydrogen-bond acceptors (Lipinski definition) is 3. The number of carbonyl (C=O) groups is 1. The molecule has 19 heavy (non-hydrogen) atoms. The number of piperidine rings is 1. The highest BCUT2D eigenvalue weighted by Crippen LogP contribution is 2.59. The lowest BCUT2D eigenvalue weighted by Gasteiger charge is -2.29. The number of rotatable bonds is 1. The molecule has 2 fully saturated rings. The average Bonchev–Trinajstić information content (AvgIpc) is 2.93. The molecule has 0 bridgehead atoms. The maximum absolute atomic E-state index is 12.7. The standard InChI is InChI=1S/C15H20N2OS/c18-14(12-9-15(12)3-5-16-6-4-15)17-7-1-13-11(10-17)2-8-19-13/h2,8,12,16H,1,3-7,9-10H2. The molecule has 102 valence electrons. The quantitative estimate of drug-likeness (QED) is 0.851. The third kappa shape index (κ3) is 1.93. The molecule has 1 aliphatic carbocycles. The van der Waals surface area contributed by atoms with Crippen LogP contribution in [0, 0.1) is 11.3 Å². The van der Waals surface area contributed by atoms with Crippen molar-refractivity contribution in [3.8, 4) is 0 Å². The number of fused-ring (bicyclic) bond motifs is 1. The van der Waals surface area contributed by atoms with Gasteiger partial charge in [-0.3, -0.25) is 4.79 Å². The van der Waals surface area contributed by atoms with Crippen LogP contribution < -0.4 is 5.32 Å². The Kier molecular flexibility index (Phi) is 2.71. The second-order valence-corrected chi connectivity index (χ2v) is 7.25. The molecule has 1 amide bonds. The number of amides is 1. The summed E-state index contributed by atoms with van der Waals surface area (Å²) in [6.07, 6.45) is 4.59. The van der Waals surface area contributed by atoms with Crippen molar-refractivity contribution < 1.29 is 4.79 Å². The zero-order chi connectivity index (χ0) is 12.9. The van der Waals surface area contributed by atoms with E-state index >= 15 is 0 Å². The summed E-state index contributed by atoms with van der Waals surface area (Å²) in [5.41, 5.74) is 1.75. The van der Waals surface area contributed by atoms with Gasteiger partial charge in [0.25, 0.3) is 0 Å². The Morgan fingerprint density at radius 2 is 2.26 bits per heavy atom. The Hall–Kier alpha value is -0.870. The normalized spacial score (nSPS) is 28.2. The van der Waals surface area contributed by atoms with Gasteiger partial charge in [-0.05, 0) is 61.2 Å². The fourth-order valence-electron chi connectivity index (χ4n) is 3.83. The molecule has 2 aliphatic heterocycles. The van der Waals surface area contributed by atoms with Crippen LogP contribution in [0.25, 0.3) is 0 Å². The molecule has 3 heterocycles. The lowest BCUT2D eigenvalue weighted by atomic mass is 9.91. The van der Waals surface area contributed by atoms with Crippen molar-refractivity contribution >= 4 is 17.2 Å². The first-order valence-electron chi connectivity index (χ1n) is 7.33. The van der Waals surface area contributed by atoms with E-state index in [1.54, 1.807) is 0 Å². The zero-order valence-corrected chi connectivity index (χ0v) is 12.0. The van der Waals surface area contributed by atoms with Gasteiger partial charge in [-0.1, -0.05) is 0 Å². The van der Waals surface area contributed by atoms with Crippen LogP contribution in [0.5, 0.6) is 0 Å². The van der Waals surface area contributed by atoms with Crippen molar-refractivity contribution in [2.45, 2.75) is 32.2 Å². The van der Waals surface area contributed by atoms with E-state index in [-0.39, 0.29) is 0 Å². The Morgan fingerprint density at radius 1 is 1.42 bits per heavy atom. The van der Waals surface area contributed by atoms with Crippen LogP contribution in [-0.2, 0) is 17.8 Å². The smallest absolute Gasteiger partial charge is 0.226 e. The molecule has 1 N–H and O–H groups in total. The Morgan fingerprint density at radius 3 is 3.11 bits per heavy atom. The molecule has 4 heteroatoms. The molecule has 3 aliphatic rings. The first kappa shape index (κ1) is 11.9. The predicted octanol–water partition coefficient (Wildman–Crippen LogP) is 2.02. The van der Waals surface area contributed by atoms with Crippen LogP contribution in [0.15, 0.2) is 11.4 Å². The molecule has 1 atom stereocenters. The summed E-state index contributed by atoms with van der Waals surface area (Å²) >= 11 is 1.84. The van der Waals surface area contributed by atoms with Crippen LogP contribution >= 0.6 is 11.3 Å². The zero-order valence-electron chi connectivity index (χ0n) is 11.2. The van der Waals surface area contributed by atoms with Crippen molar-refractivity contribution in [1.82, 2.24) is 10.2 Å². The SMILES string of the molecule is O=C(C1CC12CCNCC2)N1CCc2sccc2C1. The maximum Gasteiger partial charge on any atom is 0.226 e. The summed E-state index contributed by atoms with van der Waals surface area (Å²) in [7, 11) is 0. The average molecular weight is 276 g/mol. The molecule has 0 radical (unpaired) electrons. The lowest BCUT2D eigenvalue weighted by molar-refractivity contribution is -0.134. The minimum absolute atomic E-state index is 0.329. The van der Waals surface area contributed by atoms with Crippen molar-refractivity contribution in [1.29, 1.82) is 0 Å². The van der Waals surface area contributed by atoms with E-state index < -0.39 is 0 Å². The Balaban J connectivity index is 1.45. The largest absolute Gasteiger partial charge is 0.338 e. The van der Waals surface area contributed by atoms with Gasteiger partial charge in [-0.2, -0.15) is 0 Å². The van der Waals surface area contributed by atoms with E-state index in [0.717, 1.165) is 39.0 Å². The molecule has 0 aromatic carbocycles. The summed E-state index contributed by atoms with van der Waals surface area (Å²) in [6, 6.07) is 2.19. The second kappa shape index (κ2) is 4.32. The molecule has 4 rings (SSSR count). The second-order valence-electron chi connectivity index (χ2n) is 6.25. The van der Waals surface area contributed by atoms with Gasteiger partial charge in [0.05, 0.1) is 0 Å². The molecule has 1 spiro atoms. The van der Waals surface area contributed by atoms with Crippen LogP contribution in [0.1, 0.15) is 29.7 Å². The van der Waals surface area contributed by atoms with Crippen molar-refractivity contribution in [2.75, 3.05) is 19.6 Å². The maximum atomic E-state index is 12.7. The summed E-state index contributed by atoms with van der Waals surface area (Å²) in [4.78, 5) is 16.3. The Bertz CT molecular complexity index is 504. The van der Waals surface area contributed by atoms with Gasteiger partial charge in [-0.25, -0.2) is 0 Å².